The minimum Gasteiger partial charge on any atom is -0.359 e. The molecular weight excluding hydrogens is 290 g/mol. The SMILES string of the molecule is O=C1NN2C(=O)c3ccc(Cl)cc3NC2c2ccccc21. The van der Waals surface area contributed by atoms with Gasteiger partial charge in [0, 0.05) is 16.1 Å². The van der Waals surface area contributed by atoms with Crippen molar-refractivity contribution >= 4 is 29.1 Å². The van der Waals surface area contributed by atoms with Gasteiger partial charge in [-0.2, -0.15) is 0 Å². The molecule has 6 heteroatoms. The Morgan fingerprint density at radius 2 is 1.86 bits per heavy atom. The Morgan fingerprint density at radius 3 is 2.71 bits per heavy atom. The zero-order valence-electron chi connectivity index (χ0n) is 10.8. The van der Waals surface area contributed by atoms with Crippen LogP contribution in [0.4, 0.5) is 5.69 Å². The van der Waals surface area contributed by atoms with Crippen molar-refractivity contribution < 1.29 is 9.59 Å². The summed E-state index contributed by atoms with van der Waals surface area (Å²) in [5.74, 6) is -0.539. The van der Waals surface area contributed by atoms with E-state index in [0.717, 1.165) is 5.56 Å². The molecule has 0 fully saturated rings. The summed E-state index contributed by atoms with van der Waals surface area (Å²) in [6, 6.07) is 12.2. The predicted octanol–water partition coefficient (Wildman–Crippen LogP) is 2.56. The Labute approximate surface area is 125 Å². The van der Waals surface area contributed by atoms with Crippen molar-refractivity contribution in [2.45, 2.75) is 6.17 Å². The lowest BCUT2D eigenvalue weighted by atomic mass is 9.98. The van der Waals surface area contributed by atoms with Gasteiger partial charge in [0.1, 0.15) is 6.17 Å². The van der Waals surface area contributed by atoms with Crippen LogP contribution in [0.3, 0.4) is 0 Å². The number of anilines is 1. The number of hydrogen-bond acceptors (Lipinski definition) is 3. The number of fused-ring (bicyclic) bond motifs is 4. The fourth-order valence-electron chi connectivity index (χ4n) is 2.73. The third kappa shape index (κ3) is 1.71. The molecule has 0 bridgehead atoms. The highest BCUT2D eigenvalue weighted by Crippen LogP contribution is 2.36. The van der Waals surface area contributed by atoms with Gasteiger partial charge in [-0.25, -0.2) is 5.01 Å². The van der Waals surface area contributed by atoms with E-state index in [4.69, 9.17) is 11.6 Å². The molecule has 2 amide bonds. The van der Waals surface area contributed by atoms with E-state index in [0.29, 0.717) is 21.8 Å². The topological polar surface area (TPSA) is 61.4 Å². The van der Waals surface area contributed by atoms with Gasteiger partial charge < -0.3 is 5.32 Å². The smallest absolute Gasteiger partial charge is 0.276 e. The number of carbonyl (C=O) groups is 2. The molecule has 2 heterocycles. The molecule has 0 aromatic heterocycles. The molecule has 5 nitrogen and oxygen atoms in total. The number of halogens is 1. The van der Waals surface area contributed by atoms with Gasteiger partial charge >= 0.3 is 0 Å². The first-order valence-electron chi connectivity index (χ1n) is 6.45. The minimum atomic E-state index is -0.433. The van der Waals surface area contributed by atoms with E-state index in [1.807, 2.05) is 12.1 Å². The van der Waals surface area contributed by atoms with Crippen LogP contribution in [0.1, 0.15) is 32.4 Å². The zero-order valence-corrected chi connectivity index (χ0v) is 11.5. The molecule has 1 unspecified atom stereocenters. The number of rotatable bonds is 0. The van der Waals surface area contributed by atoms with Crippen LogP contribution >= 0.6 is 11.6 Å². The van der Waals surface area contributed by atoms with Crippen LogP contribution in [0.25, 0.3) is 0 Å². The number of hydrogen-bond donors (Lipinski definition) is 2. The average molecular weight is 300 g/mol. The van der Waals surface area contributed by atoms with Gasteiger partial charge in [-0.1, -0.05) is 29.8 Å². The molecule has 0 radical (unpaired) electrons. The molecule has 2 aromatic rings. The Morgan fingerprint density at radius 1 is 1.05 bits per heavy atom. The second-order valence-corrected chi connectivity index (χ2v) is 5.38. The van der Waals surface area contributed by atoms with Crippen LogP contribution in [0.2, 0.25) is 5.02 Å². The first-order chi connectivity index (χ1) is 10.1. The van der Waals surface area contributed by atoms with Crippen molar-refractivity contribution in [3.63, 3.8) is 0 Å². The van der Waals surface area contributed by atoms with E-state index >= 15 is 0 Å². The highest BCUT2D eigenvalue weighted by atomic mass is 35.5. The van der Waals surface area contributed by atoms with Gasteiger partial charge in [-0.3, -0.25) is 15.0 Å². The van der Waals surface area contributed by atoms with Crippen molar-refractivity contribution in [1.82, 2.24) is 10.4 Å². The van der Waals surface area contributed by atoms with Crippen molar-refractivity contribution in [2.24, 2.45) is 0 Å². The Hall–Kier alpha value is -2.53. The molecule has 1 atom stereocenters. The van der Waals surface area contributed by atoms with E-state index in [2.05, 4.69) is 10.7 Å². The Bertz CT molecular complexity index is 790. The van der Waals surface area contributed by atoms with Crippen LogP contribution in [0.15, 0.2) is 42.5 Å². The molecule has 2 aromatic carbocycles. The Balaban J connectivity index is 1.88. The van der Waals surface area contributed by atoms with Crippen LogP contribution in [-0.2, 0) is 0 Å². The molecule has 104 valence electrons. The van der Waals surface area contributed by atoms with Crippen LogP contribution in [0, 0.1) is 0 Å². The van der Waals surface area contributed by atoms with Gasteiger partial charge in [0.2, 0.25) is 0 Å². The summed E-state index contributed by atoms with van der Waals surface area (Å²) < 4.78 is 0. The number of benzene rings is 2. The molecule has 21 heavy (non-hydrogen) atoms. The van der Waals surface area contributed by atoms with Crippen LogP contribution < -0.4 is 10.7 Å². The van der Waals surface area contributed by atoms with Crippen molar-refractivity contribution in [3.05, 3.63) is 64.2 Å². The molecule has 0 spiro atoms. The average Bonchev–Trinajstić information content (AvgIpc) is 2.49. The first kappa shape index (κ1) is 12.2. The zero-order chi connectivity index (χ0) is 14.6. The highest BCUT2D eigenvalue weighted by Gasteiger charge is 2.39. The standard InChI is InChI=1S/C15H10ClN3O2/c16-8-5-6-11-12(7-8)17-13-9-3-1-2-4-10(9)14(20)18-19(13)15(11)21/h1-7,13,17H,(H,18,20). The summed E-state index contributed by atoms with van der Waals surface area (Å²) >= 11 is 5.99. The van der Waals surface area contributed by atoms with Gasteiger partial charge in [-0.15, -0.1) is 0 Å². The minimum absolute atomic E-state index is 0.256. The molecule has 2 N–H and O–H groups in total. The summed E-state index contributed by atoms with van der Waals surface area (Å²) in [5, 5.41) is 5.12. The van der Waals surface area contributed by atoms with Crippen molar-refractivity contribution in [2.75, 3.05) is 5.32 Å². The second kappa shape index (κ2) is 4.23. The number of hydrazine groups is 1. The second-order valence-electron chi connectivity index (χ2n) is 4.94. The lowest BCUT2D eigenvalue weighted by Crippen LogP contribution is -2.56. The van der Waals surface area contributed by atoms with Gasteiger partial charge in [0.15, 0.2) is 0 Å². The molecule has 2 aliphatic rings. The summed E-state index contributed by atoms with van der Waals surface area (Å²) in [5.41, 5.74) is 5.10. The van der Waals surface area contributed by atoms with Crippen LogP contribution in [0.5, 0.6) is 0 Å². The van der Waals surface area contributed by atoms with Crippen LogP contribution in [-0.4, -0.2) is 16.8 Å². The maximum Gasteiger partial charge on any atom is 0.276 e. The van der Waals surface area contributed by atoms with E-state index in [9.17, 15) is 9.59 Å². The van der Waals surface area contributed by atoms with E-state index in [1.165, 1.54) is 5.01 Å². The van der Waals surface area contributed by atoms with Crippen molar-refractivity contribution in [3.8, 4) is 0 Å². The fourth-order valence-corrected chi connectivity index (χ4v) is 2.90. The third-order valence-electron chi connectivity index (χ3n) is 3.70. The van der Waals surface area contributed by atoms with Crippen molar-refractivity contribution in [1.29, 1.82) is 0 Å². The number of nitrogens with zero attached hydrogens (tertiary/aromatic N) is 1. The molecular formula is C15H10ClN3O2. The summed E-state index contributed by atoms with van der Waals surface area (Å²) in [6.07, 6.45) is -0.433. The lowest BCUT2D eigenvalue weighted by Gasteiger charge is -2.41. The maximum absolute atomic E-state index is 12.5. The normalized spacial score (nSPS) is 19.1. The van der Waals surface area contributed by atoms with E-state index in [1.54, 1.807) is 30.3 Å². The highest BCUT2D eigenvalue weighted by molar-refractivity contribution is 6.31. The monoisotopic (exact) mass is 299 g/mol. The molecule has 0 saturated carbocycles. The number of carbonyl (C=O) groups excluding carboxylic acids is 2. The van der Waals surface area contributed by atoms with Gasteiger partial charge in [0.25, 0.3) is 11.8 Å². The molecule has 4 rings (SSSR count). The first-order valence-corrected chi connectivity index (χ1v) is 6.82. The number of nitrogens with one attached hydrogen (secondary N) is 2. The maximum atomic E-state index is 12.5. The summed E-state index contributed by atoms with van der Waals surface area (Å²) in [4.78, 5) is 24.6. The van der Waals surface area contributed by atoms with Gasteiger partial charge in [-0.05, 0) is 24.3 Å². The van der Waals surface area contributed by atoms with E-state index < -0.39 is 6.17 Å². The largest absolute Gasteiger partial charge is 0.359 e. The predicted molar refractivity (Wildman–Crippen MR) is 77.9 cm³/mol. The summed E-state index contributed by atoms with van der Waals surface area (Å²) in [7, 11) is 0. The quantitative estimate of drug-likeness (QED) is 0.786. The fraction of sp³-hybridized carbons (Fsp3) is 0.0667. The third-order valence-corrected chi connectivity index (χ3v) is 3.94. The summed E-state index contributed by atoms with van der Waals surface area (Å²) in [6.45, 7) is 0. The molecule has 2 aliphatic heterocycles. The van der Waals surface area contributed by atoms with E-state index in [-0.39, 0.29) is 11.8 Å². The lowest BCUT2D eigenvalue weighted by molar-refractivity contribution is 0.0457. The van der Waals surface area contributed by atoms with Gasteiger partial charge in [0.05, 0.1) is 11.3 Å². The molecule has 0 saturated heterocycles. The molecule has 0 aliphatic carbocycles. The Kier molecular flexibility index (Phi) is 2.46. The number of amides is 2.